The predicted molar refractivity (Wildman–Crippen MR) is 120 cm³/mol. The van der Waals surface area contributed by atoms with Crippen LogP contribution in [0.15, 0.2) is 28.9 Å². The van der Waals surface area contributed by atoms with Gasteiger partial charge in [-0.15, -0.1) is 0 Å². The summed E-state index contributed by atoms with van der Waals surface area (Å²) in [4.78, 5) is 11.5. The van der Waals surface area contributed by atoms with Gasteiger partial charge in [-0.3, -0.25) is 4.90 Å². The molecule has 0 unspecified atom stereocenters. The average Bonchev–Trinajstić information content (AvgIpc) is 3.23. The molecule has 0 radical (unpaired) electrons. The van der Waals surface area contributed by atoms with E-state index in [-0.39, 0.29) is 6.04 Å². The number of aromatic nitrogens is 2. The van der Waals surface area contributed by atoms with E-state index in [0.717, 1.165) is 38.2 Å². The molecule has 0 amide bonds. The van der Waals surface area contributed by atoms with Gasteiger partial charge >= 0.3 is 0 Å². The molecule has 4 rings (SSSR count). The second kappa shape index (κ2) is 9.72. The van der Waals surface area contributed by atoms with Gasteiger partial charge in [0.15, 0.2) is 0 Å². The lowest BCUT2D eigenvalue weighted by Gasteiger charge is -2.26. The molecule has 9 heteroatoms. The first-order chi connectivity index (χ1) is 15.0. The van der Waals surface area contributed by atoms with Gasteiger partial charge in [-0.2, -0.15) is 4.98 Å². The molecule has 3 heterocycles. The molecule has 0 bridgehead atoms. The van der Waals surface area contributed by atoms with Crippen LogP contribution in [0.25, 0.3) is 22.3 Å². The maximum atomic E-state index is 6.69. The van der Waals surface area contributed by atoms with Gasteiger partial charge in [0.25, 0.3) is 6.01 Å². The number of fused-ring (bicyclic) bond motifs is 1. The highest BCUT2D eigenvalue weighted by atomic mass is 35.5. The number of anilines is 1. The number of oxazole rings is 1. The number of pyridine rings is 1. The number of hydrogen-bond acceptors (Lipinski definition) is 8. The van der Waals surface area contributed by atoms with Gasteiger partial charge in [-0.05, 0) is 26.0 Å². The van der Waals surface area contributed by atoms with Crippen LogP contribution in [-0.2, 0) is 4.74 Å². The molecule has 1 aliphatic rings. The van der Waals surface area contributed by atoms with Crippen molar-refractivity contribution >= 4 is 28.5 Å². The van der Waals surface area contributed by atoms with Crippen LogP contribution >= 0.6 is 11.6 Å². The molecule has 0 saturated carbocycles. The number of hydrogen-bond donors (Lipinski definition) is 1. The van der Waals surface area contributed by atoms with Crippen molar-refractivity contribution < 1.29 is 18.6 Å². The van der Waals surface area contributed by atoms with Crippen molar-refractivity contribution in [3.05, 3.63) is 29.5 Å². The first-order valence-electron chi connectivity index (χ1n) is 10.4. The summed E-state index contributed by atoms with van der Waals surface area (Å²) in [7, 11) is 1.62. The maximum absolute atomic E-state index is 6.69. The Balaban J connectivity index is 1.59. The highest BCUT2D eigenvalue weighted by Gasteiger charge is 2.17. The van der Waals surface area contributed by atoms with E-state index in [1.165, 1.54) is 0 Å². The van der Waals surface area contributed by atoms with E-state index in [4.69, 9.17) is 35.2 Å². The minimum atomic E-state index is 0.206. The number of halogens is 1. The summed E-state index contributed by atoms with van der Waals surface area (Å²) >= 11 is 6.69. The standard InChI is InChI=1S/C22H27ClN4O4/c1-14(2)24-22-26-17(13-31-22)16-12-19(28-3)15-4-5-18(20(23)21(15)25-16)30-11-8-27-6-9-29-10-7-27/h4-5,12-14H,6-11H2,1-3H3,(H,24,26). The van der Waals surface area contributed by atoms with Crippen LogP contribution in [0.1, 0.15) is 13.8 Å². The minimum absolute atomic E-state index is 0.206. The van der Waals surface area contributed by atoms with Crippen LogP contribution in [0.5, 0.6) is 11.5 Å². The molecule has 8 nitrogen and oxygen atoms in total. The highest BCUT2D eigenvalue weighted by Crippen LogP contribution is 2.38. The average molecular weight is 447 g/mol. The fourth-order valence-corrected chi connectivity index (χ4v) is 3.70. The summed E-state index contributed by atoms with van der Waals surface area (Å²) in [5.41, 5.74) is 1.80. The predicted octanol–water partition coefficient (Wildman–Crippen LogP) is 4.08. The first kappa shape index (κ1) is 21.7. The van der Waals surface area contributed by atoms with Crippen molar-refractivity contribution in [1.82, 2.24) is 14.9 Å². The molecule has 1 aliphatic heterocycles. The molecule has 1 saturated heterocycles. The number of methoxy groups -OCH3 is 1. The molecule has 3 aromatic rings. The third kappa shape index (κ3) is 5.03. The molecule has 166 valence electrons. The Kier molecular flexibility index (Phi) is 6.80. The number of nitrogens with one attached hydrogen (secondary N) is 1. The zero-order valence-corrected chi connectivity index (χ0v) is 18.7. The van der Waals surface area contributed by atoms with Crippen LogP contribution in [-0.4, -0.2) is 67.5 Å². The molecule has 0 atom stereocenters. The lowest BCUT2D eigenvalue weighted by Crippen LogP contribution is -2.38. The van der Waals surface area contributed by atoms with Crippen LogP contribution in [0.4, 0.5) is 6.01 Å². The zero-order chi connectivity index (χ0) is 21.8. The fraction of sp³-hybridized carbons (Fsp3) is 0.455. The van der Waals surface area contributed by atoms with E-state index in [9.17, 15) is 0 Å². The minimum Gasteiger partial charge on any atom is -0.496 e. The smallest absolute Gasteiger partial charge is 0.295 e. The topological polar surface area (TPSA) is 81.9 Å². The van der Waals surface area contributed by atoms with Crippen molar-refractivity contribution in [1.29, 1.82) is 0 Å². The van der Waals surface area contributed by atoms with Crippen molar-refractivity contribution in [3.63, 3.8) is 0 Å². The van der Waals surface area contributed by atoms with Crippen LogP contribution in [0, 0.1) is 0 Å². The summed E-state index contributed by atoms with van der Waals surface area (Å²) in [6.07, 6.45) is 1.56. The number of rotatable bonds is 8. The van der Waals surface area contributed by atoms with Gasteiger partial charge in [0.1, 0.15) is 35.1 Å². The van der Waals surface area contributed by atoms with Crippen LogP contribution < -0.4 is 14.8 Å². The molecule has 0 spiro atoms. The second-order valence-electron chi connectivity index (χ2n) is 7.62. The van der Waals surface area contributed by atoms with E-state index >= 15 is 0 Å². The Labute approximate surface area is 186 Å². The second-order valence-corrected chi connectivity index (χ2v) is 8.00. The van der Waals surface area contributed by atoms with Crippen molar-refractivity contribution in [2.45, 2.75) is 19.9 Å². The largest absolute Gasteiger partial charge is 0.496 e. The summed E-state index contributed by atoms with van der Waals surface area (Å²) in [5.74, 6) is 1.25. The Morgan fingerprint density at radius 1 is 1.16 bits per heavy atom. The molecule has 1 fully saturated rings. The molecule has 1 N–H and O–H groups in total. The summed E-state index contributed by atoms with van der Waals surface area (Å²) in [6.45, 7) is 8.75. The Morgan fingerprint density at radius 3 is 2.71 bits per heavy atom. The zero-order valence-electron chi connectivity index (χ0n) is 18.0. The van der Waals surface area contributed by atoms with E-state index < -0.39 is 0 Å². The molecular formula is C22H27ClN4O4. The van der Waals surface area contributed by atoms with E-state index in [0.29, 0.717) is 46.0 Å². The molecule has 2 aromatic heterocycles. The number of benzene rings is 1. The van der Waals surface area contributed by atoms with Crippen LogP contribution in [0.3, 0.4) is 0 Å². The quantitative estimate of drug-likeness (QED) is 0.554. The fourth-order valence-electron chi connectivity index (χ4n) is 3.43. The van der Waals surface area contributed by atoms with E-state index in [1.54, 1.807) is 13.4 Å². The third-order valence-electron chi connectivity index (χ3n) is 5.01. The maximum Gasteiger partial charge on any atom is 0.295 e. The number of ether oxygens (including phenoxy) is 3. The van der Waals surface area contributed by atoms with Crippen molar-refractivity contribution in [2.24, 2.45) is 0 Å². The summed E-state index contributed by atoms with van der Waals surface area (Å²) < 4.78 is 22.4. The lowest BCUT2D eigenvalue weighted by atomic mass is 10.1. The third-order valence-corrected chi connectivity index (χ3v) is 5.38. The van der Waals surface area contributed by atoms with Gasteiger partial charge in [0.05, 0.1) is 31.5 Å². The lowest BCUT2D eigenvalue weighted by molar-refractivity contribution is 0.0322. The Bertz CT molecular complexity index is 1030. The molecule has 31 heavy (non-hydrogen) atoms. The Morgan fingerprint density at radius 2 is 1.97 bits per heavy atom. The summed E-state index contributed by atoms with van der Waals surface area (Å²) in [5, 5.41) is 4.39. The van der Waals surface area contributed by atoms with Gasteiger partial charge in [0, 0.05) is 37.1 Å². The van der Waals surface area contributed by atoms with Crippen molar-refractivity contribution in [2.75, 3.05) is 51.9 Å². The SMILES string of the molecule is COc1cc(-c2coc(NC(C)C)n2)nc2c(Cl)c(OCCN3CCOCC3)ccc12. The normalized spacial score (nSPS) is 14.9. The number of morpholine rings is 1. The van der Waals surface area contributed by atoms with Gasteiger partial charge in [0.2, 0.25) is 0 Å². The Hall–Kier alpha value is -2.55. The highest BCUT2D eigenvalue weighted by molar-refractivity contribution is 6.36. The molecule has 0 aliphatic carbocycles. The van der Waals surface area contributed by atoms with Crippen LogP contribution in [0.2, 0.25) is 5.02 Å². The van der Waals surface area contributed by atoms with Gasteiger partial charge < -0.3 is 23.9 Å². The molecular weight excluding hydrogens is 420 g/mol. The van der Waals surface area contributed by atoms with Gasteiger partial charge in [-0.1, -0.05) is 11.6 Å². The summed E-state index contributed by atoms with van der Waals surface area (Å²) in [6, 6.07) is 6.24. The first-order valence-corrected chi connectivity index (χ1v) is 10.8. The molecule has 1 aromatic carbocycles. The van der Waals surface area contributed by atoms with E-state index in [1.807, 2.05) is 32.0 Å². The van der Waals surface area contributed by atoms with Crippen molar-refractivity contribution in [3.8, 4) is 22.9 Å². The monoisotopic (exact) mass is 446 g/mol. The van der Waals surface area contributed by atoms with Gasteiger partial charge in [-0.25, -0.2) is 4.98 Å². The van der Waals surface area contributed by atoms with E-state index in [2.05, 4.69) is 15.2 Å². The number of nitrogens with zero attached hydrogens (tertiary/aromatic N) is 3.